The van der Waals surface area contributed by atoms with Gasteiger partial charge in [0.15, 0.2) is 0 Å². The number of aliphatic carboxylic acids is 1. The van der Waals surface area contributed by atoms with Gasteiger partial charge in [0.25, 0.3) is 0 Å². The summed E-state index contributed by atoms with van der Waals surface area (Å²) in [5.41, 5.74) is 2.22. The van der Waals surface area contributed by atoms with Crippen LogP contribution in [0.15, 0.2) is 42.5 Å². The van der Waals surface area contributed by atoms with Gasteiger partial charge in [-0.25, -0.2) is 4.79 Å². The largest absolute Gasteiger partial charge is 0.507 e. The van der Waals surface area contributed by atoms with Gasteiger partial charge in [-0.3, -0.25) is 0 Å². The first-order valence-electron chi connectivity index (χ1n) is 6.37. The SMILES string of the molecule is COc1ccc(-c2ccc(O)c(C#N)c2)c(/C=C/C(=O)O)c1. The van der Waals surface area contributed by atoms with Gasteiger partial charge in [-0.05, 0) is 47.0 Å². The molecule has 0 radical (unpaired) electrons. The second-order valence-electron chi connectivity index (χ2n) is 4.47. The Kier molecular flexibility index (Phi) is 4.44. The van der Waals surface area contributed by atoms with E-state index in [1.165, 1.54) is 19.3 Å². The van der Waals surface area contributed by atoms with E-state index >= 15 is 0 Å². The quantitative estimate of drug-likeness (QED) is 0.846. The molecule has 0 heterocycles. The van der Waals surface area contributed by atoms with Crippen LogP contribution in [0.2, 0.25) is 0 Å². The van der Waals surface area contributed by atoms with Crippen molar-refractivity contribution in [2.24, 2.45) is 0 Å². The molecule has 0 saturated heterocycles. The van der Waals surface area contributed by atoms with Crippen LogP contribution >= 0.6 is 0 Å². The Morgan fingerprint density at radius 3 is 2.68 bits per heavy atom. The molecule has 110 valence electrons. The molecule has 0 saturated carbocycles. The highest BCUT2D eigenvalue weighted by Crippen LogP contribution is 2.31. The third-order valence-electron chi connectivity index (χ3n) is 3.09. The highest BCUT2D eigenvalue weighted by molar-refractivity contribution is 5.88. The van der Waals surface area contributed by atoms with Crippen molar-refractivity contribution >= 4 is 12.0 Å². The van der Waals surface area contributed by atoms with E-state index in [0.29, 0.717) is 16.9 Å². The first-order chi connectivity index (χ1) is 10.5. The molecule has 2 aromatic carbocycles. The number of hydrogen-bond acceptors (Lipinski definition) is 4. The van der Waals surface area contributed by atoms with Crippen LogP contribution in [0.5, 0.6) is 11.5 Å². The lowest BCUT2D eigenvalue weighted by Gasteiger charge is -2.10. The van der Waals surface area contributed by atoms with Gasteiger partial charge in [-0.1, -0.05) is 12.1 Å². The Hall–Kier alpha value is -3.26. The van der Waals surface area contributed by atoms with Gasteiger partial charge in [0.2, 0.25) is 0 Å². The summed E-state index contributed by atoms with van der Waals surface area (Å²) in [6, 6.07) is 11.8. The fraction of sp³-hybridized carbons (Fsp3) is 0.0588. The van der Waals surface area contributed by atoms with Crippen molar-refractivity contribution in [3.8, 4) is 28.7 Å². The molecule has 0 aliphatic heterocycles. The summed E-state index contributed by atoms with van der Waals surface area (Å²) < 4.78 is 5.14. The summed E-state index contributed by atoms with van der Waals surface area (Å²) in [6.07, 6.45) is 2.49. The Balaban J connectivity index is 2.59. The number of carbonyl (C=O) groups is 1. The summed E-state index contributed by atoms with van der Waals surface area (Å²) >= 11 is 0. The standard InChI is InChI=1S/C17H13NO4/c1-22-14-4-5-15(12(9-14)3-7-17(20)21)11-2-6-16(19)13(8-11)10-18/h2-9,19H,1H3,(H,20,21)/b7-3+. The monoisotopic (exact) mass is 295 g/mol. The van der Waals surface area contributed by atoms with Crippen LogP contribution < -0.4 is 4.74 Å². The topological polar surface area (TPSA) is 90.5 Å². The minimum absolute atomic E-state index is 0.0950. The number of nitriles is 1. The van der Waals surface area contributed by atoms with E-state index in [4.69, 9.17) is 15.1 Å². The number of rotatable bonds is 4. The van der Waals surface area contributed by atoms with Crippen molar-refractivity contribution in [1.29, 1.82) is 5.26 Å². The van der Waals surface area contributed by atoms with Crippen LogP contribution in [-0.2, 0) is 4.79 Å². The number of phenols is 1. The molecule has 0 atom stereocenters. The number of benzene rings is 2. The Bertz CT molecular complexity index is 788. The maximum Gasteiger partial charge on any atom is 0.328 e. The number of carboxylic acids is 1. The van der Waals surface area contributed by atoms with Crippen molar-refractivity contribution in [2.75, 3.05) is 7.11 Å². The molecule has 0 amide bonds. The molecule has 22 heavy (non-hydrogen) atoms. The molecule has 0 aromatic heterocycles. The van der Waals surface area contributed by atoms with Crippen LogP contribution in [-0.4, -0.2) is 23.3 Å². The molecule has 0 aliphatic carbocycles. The lowest BCUT2D eigenvalue weighted by Crippen LogP contribution is -1.90. The Morgan fingerprint density at radius 2 is 2.05 bits per heavy atom. The lowest BCUT2D eigenvalue weighted by atomic mass is 9.97. The number of ether oxygens (including phenoxy) is 1. The number of carboxylic acid groups (broad SMARTS) is 1. The zero-order valence-corrected chi connectivity index (χ0v) is 11.8. The second kappa shape index (κ2) is 6.46. The summed E-state index contributed by atoms with van der Waals surface area (Å²) in [4.78, 5) is 10.7. The van der Waals surface area contributed by atoms with Crippen LogP contribution in [0.25, 0.3) is 17.2 Å². The fourth-order valence-corrected chi connectivity index (χ4v) is 2.02. The molecular weight excluding hydrogens is 282 g/mol. The van der Waals surface area contributed by atoms with Crippen LogP contribution in [0.3, 0.4) is 0 Å². The van der Waals surface area contributed by atoms with Crippen molar-refractivity contribution in [3.63, 3.8) is 0 Å². The zero-order valence-electron chi connectivity index (χ0n) is 11.8. The summed E-state index contributed by atoms with van der Waals surface area (Å²) in [7, 11) is 1.52. The van der Waals surface area contributed by atoms with Gasteiger partial charge in [-0.2, -0.15) is 5.26 Å². The summed E-state index contributed by atoms with van der Waals surface area (Å²) in [5.74, 6) is -0.562. The maximum absolute atomic E-state index is 10.7. The molecule has 0 bridgehead atoms. The molecule has 0 aliphatic rings. The number of hydrogen-bond donors (Lipinski definition) is 2. The van der Waals surface area contributed by atoms with Gasteiger partial charge in [0.1, 0.15) is 17.6 Å². The van der Waals surface area contributed by atoms with E-state index in [-0.39, 0.29) is 11.3 Å². The van der Waals surface area contributed by atoms with Crippen LogP contribution in [0.1, 0.15) is 11.1 Å². The molecule has 0 spiro atoms. The van der Waals surface area contributed by atoms with Gasteiger partial charge in [0, 0.05) is 6.08 Å². The number of methoxy groups -OCH3 is 1. The van der Waals surface area contributed by atoms with E-state index in [1.807, 2.05) is 6.07 Å². The molecule has 2 rings (SSSR count). The first-order valence-corrected chi connectivity index (χ1v) is 6.37. The normalized spacial score (nSPS) is 10.4. The van der Waals surface area contributed by atoms with Gasteiger partial charge < -0.3 is 14.9 Å². The van der Waals surface area contributed by atoms with Gasteiger partial charge in [0.05, 0.1) is 12.7 Å². The van der Waals surface area contributed by atoms with E-state index in [0.717, 1.165) is 11.6 Å². The van der Waals surface area contributed by atoms with Crippen molar-refractivity contribution < 1.29 is 19.7 Å². The smallest absolute Gasteiger partial charge is 0.328 e. The minimum atomic E-state index is -1.06. The van der Waals surface area contributed by atoms with E-state index in [2.05, 4.69) is 0 Å². The second-order valence-corrected chi connectivity index (χ2v) is 4.47. The molecular formula is C17H13NO4. The molecule has 5 nitrogen and oxygen atoms in total. The zero-order chi connectivity index (χ0) is 16.1. The van der Waals surface area contributed by atoms with Gasteiger partial charge in [-0.15, -0.1) is 0 Å². The Labute approximate surface area is 127 Å². The predicted octanol–water partition coefficient (Wildman–Crippen LogP) is 3.04. The number of nitrogens with zero attached hydrogens (tertiary/aromatic N) is 1. The third-order valence-corrected chi connectivity index (χ3v) is 3.09. The number of phenolic OH excluding ortho intramolecular Hbond substituents is 1. The fourth-order valence-electron chi connectivity index (χ4n) is 2.02. The molecule has 5 heteroatoms. The minimum Gasteiger partial charge on any atom is -0.507 e. The van der Waals surface area contributed by atoms with Crippen LogP contribution in [0.4, 0.5) is 0 Å². The van der Waals surface area contributed by atoms with Crippen molar-refractivity contribution in [1.82, 2.24) is 0 Å². The molecule has 2 aromatic rings. The van der Waals surface area contributed by atoms with Crippen molar-refractivity contribution in [2.45, 2.75) is 0 Å². The van der Waals surface area contributed by atoms with Crippen LogP contribution in [0, 0.1) is 11.3 Å². The predicted molar refractivity (Wildman–Crippen MR) is 81.5 cm³/mol. The first kappa shape index (κ1) is 15.1. The molecule has 0 unspecified atom stereocenters. The third kappa shape index (κ3) is 3.25. The highest BCUT2D eigenvalue weighted by Gasteiger charge is 2.08. The Morgan fingerprint density at radius 1 is 1.27 bits per heavy atom. The number of aromatic hydroxyl groups is 1. The van der Waals surface area contributed by atoms with Crippen molar-refractivity contribution in [3.05, 3.63) is 53.6 Å². The maximum atomic E-state index is 10.7. The molecule has 2 N–H and O–H groups in total. The lowest BCUT2D eigenvalue weighted by molar-refractivity contribution is -0.131. The van der Waals surface area contributed by atoms with E-state index in [1.54, 1.807) is 30.3 Å². The van der Waals surface area contributed by atoms with Gasteiger partial charge >= 0.3 is 5.97 Å². The molecule has 0 fully saturated rings. The highest BCUT2D eigenvalue weighted by atomic mass is 16.5. The summed E-state index contributed by atoms with van der Waals surface area (Å²) in [6.45, 7) is 0. The average Bonchev–Trinajstić information content (AvgIpc) is 2.53. The average molecular weight is 295 g/mol. The summed E-state index contributed by atoms with van der Waals surface area (Å²) in [5, 5.41) is 27.4. The van der Waals surface area contributed by atoms with E-state index in [9.17, 15) is 9.90 Å². The van der Waals surface area contributed by atoms with E-state index < -0.39 is 5.97 Å².